The fourth-order valence-corrected chi connectivity index (χ4v) is 2.27. The number of carbonyl (C=O) groups excluding carboxylic acids is 2. The van der Waals surface area contributed by atoms with Gasteiger partial charge in [-0.05, 0) is 24.6 Å². The van der Waals surface area contributed by atoms with Gasteiger partial charge in [0.25, 0.3) is 11.6 Å². The molecule has 2 N–H and O–H groups in total. The van der Waals surface area contributed by atoms with Crippen LogP contribution in [0.1, 0.15) is 12.8 Å². The zero-order valence-electron chi connectivity index (χ0n) is 14.9. The summed E-state index contributed by atoms with van der Waals surface area (Å²) in [5, 5.41) is 15.7. The van der Waals surface area contributed by atoms with Gasteiger partial charge in [0.1, 0.15) is 5.69 Å². The lowest BCUT2D eigenvalue weighted by Crippen LogP contribution is -2.22. The first-order valence-corrected chi connectivity index (χ1v) is 8.36. The quantitative estimate of drug-likeness (QED) is 0.215. The van der Waals surface area contributed by atoms with Crippen molar-refractivity contribution in [3.63, 3.8) is 0 Å². The van der Waals surface area contributed by atoms with E-state index in [1.165, 1.54) is 18.2 Å². The molecule has 154 valence electrons. The zero-order valence-corrected chi connectivity index (χ0v) is 14.9. The Morgan fingerprint density at radius 1 is 1.03 bits per heavy atom. The maximum Gasteiger partial charge on any atom is 0.306 e. The van der Waals surface area contributed by atoms with Gasteiger partial charge >= 0.3 is 5.97 Å². The molecule has 1 amide bonds. The van der Waals surface area contributed by atoms with Crippen molar-refractivity contribution in [2.75, 3.05) is 23.8 Å². The number of hydrogen-bond acceptors (Lipinski definition) is 6. The number of rotatable bonds is 9. The molecular formula is C18H16F3N3O5. The van der Waals surface area contributed by atoms with E-state index in [1.807, 2.05) is 5.32 Å². The molecule has 0 aliphatic carbocycles. The van der Waals surface area contributed by atoms with Crippen LogP contribution in [0.2, 0.25) is 0 Å². The Labute approximate surface area is 162 Å². The number of para-hydroxylation sites is 2. The lowest BCUT2D eigenvalue weighted by molar-refractivity contribution is -0.384. The van der Waals surface area contributed by atoms with Gasteiger partial charge in [-0.1, -0.05) is 12.1 Å². The van der Waals surface area contributed by atoms with Crippen molar-refractivity contribution in [3.05, 3.63) is 64.0 Å². The highest BCUT2D eigenvalue weighted by atomic mass is 19.2. The Morgan fingerprint density at radius 2 is 1.76 bits per heavy atom. The third-order valence-corrected chi connectivity index (χ3v) is 3.65. The van der Waals surface area contributed by atoms with Gasteiger partial charge in [-0.3, -0.25) is 19.7 Å². The van der Waals surface area contributed by atoms with Crippen molar-refractivity contribution in [1.29, 1.82) is 0 Å². The number of hydrogen-bond donors (Lipinski definition) is 2. The number of halogens is 3. The van der Waals surface area contributed by atoms with E-state index in [0.717, 1.165) is 6.07 Å². The van der Waals surface area contributed by atoms with Crippen molar-refractivity contribution in [2.45, 2.75) is 12.8 Å². The van der Waals surface area contributed by atoms with Crippen LogP contribution >= 0.6 is 0 Å². The summed E-state index contributed by atoms with van der Waals surface area (Å²) < 4.78 is 44.1. The summed E-state index contributed by atoms with van der Waals surface area (Å²) in [6.07, 6.45) is 0.185. The number of amides is 1. The van der Waals surface area contributed by atoms with E-state index >= 15 is 0 Å². The minimum Gasteiger partial charge on any atom is -0.456 e. The van der Waals surface area contributed by atoms with Gasteiger partial charge in [0.05, 0.1) is 10.6 Å². The lowest BCUT2D eigenvalue weighted by atomic mass is 10.2. The number of ether oxygens (including phenoxy) is 1. The summed E-state index contributed by atoms with van der Waals surface area (Å²) >= 11 is 0. The second-order valence-corrected chi connectivity index (χ2v) is 5.74. The summed E-state index contributed by atoms with van der Waals surface area (Å²) in [6, 6.07) is 7.49. The molecule has 11 heteroatoms. The van der Waals surface area contributed by atoms with Gasteiger partial charge in [-0.25, -0.2) is 13.2 Å². The van der Waals surface area contributed by atoms with Gasteiger partial charge in [-0.2, -0.15) is 0 Å². The Morgan fingerprint density at radius 3 is 2.48 bits per heavy atom. The normalized spacial score (nSPS) is 10.3. The van der Waals surface area contributed by atoms with Crippen molar-refractivity contribution in [1.82, 2.24) is 0 Å². The number of esters is 1. The Bertz CT molecular complexity index is 924. The number of carbonyl (C=O) groups is 2. The molecule has 2 rings (SSSR count). The molecule has 29 heavy (non-hydrogen) atoms. The van der Waals surface area contributed by atoms with Gasteiger partial charge in [0.2, 0.25) is 0 Å². The highest BCUT2D eigenvalue weighted by molar-refractivity contribution is 5.92. The molecule has 0 fully saturated rings. The Hall–Kier alpha value is -3.63. The van der Waals surface area contributed by atoms with Crippen LogP contribution in [-0.4, -0.2) is 30.0 Å². The molecule has 0 saturated heterocycles. The van der Waals surface area contributed by atoms with Crippen LogP contribution in [0.25, 0.3) is 0 Å². The third kappa shape index (κ3) is 6.19. The number of nitrogens with zero attached hydrogens (tertiary/aromatic N) is 1. The van der Waals surface area contributed by atoms with Gasteiger partial charge in [-0.15, -0.1) is 0 Å². The first kappa shape index (κ1) is 21.7. The van der Waals surface area contributed by atoms with E-state index < -0.39 is 46.5 Å². The molecule has 2 aromatic carbocycles. The SMILES string of the molecule is O=C(COC(=O)CCCNc1ccccc1[N+](=O)[O-])Nc1ccc(F)c(F)c1F. The first-order valence-electron chi connectivity index (χ1n) is 8.36. The highest BCUT2D eigenvalue weighted by Crippen LogP contribution is 2.23. The van der Waals surface area contributed by atoms with E-state index in [-0.39, 0.29) is 25.1 Å². The molecule has 8 nitrogen and oxygen atoms in total. The molecule has 0 bridgehead atoms. The minimum atomic E-state index is -1.73. The van der Waals surface area contributed by atoms with E-state index in [1.54, 1.807) is 6.07 Å². The van der Waals surface area contributed by atoms with Crippen molar-refractivity contribution >= 4 is 28.9 Å². The average Bonchev–Trinajstić information content (AvgIpc) is 2.70. The largest absolute Gasteiger partial charge is 0.456 e. The summed E-state index contributed by atoms with van der Waals surface area (Å²) in [6.45, 7) is -0.499. The first-order chi connectivity index (χ1) is 13.8. The summed E-state index contributed by atoms with van der Waals surface area (Å²) in [7, 11) is 0. The fraction of sp³-hybridized carbons (Fsp3) is 0.222. The van der Waals surface area contributed by atoms with Crippen molar-refractivity contribution in [3.8, 4) is 0 Å². The predicted molar refractivity (Wildman–Crippen MR) is 96.7 cm³/mol. The Kier molecular flexibility index (Phi) is 7.52. The minimum absolute atomic E-state index is 0.0829. The summed E-state index contributed by atoms with van der Waals surface area (Å²) in [5.41, 5.74) is -0.381. The maximum absolute atomic E-state index is 13.5. The molecule has 0 saturated carbocycles. The third-order valence-electron chi connectivity index (χ3n) is 3.65. The Balaban J connectivity index is 1.72. The van der Waals surface area contributed by atoms with Crippen molar-refractivity contribution in [2.24, 2.45) is 0 Å². The van der Waals surface area contributed by atoms with Gasteiger partial charge in [0.15, 0.2) is 24.1 Å². The second kappa shape index (κ2) is 10.1. The smallest absolute Gasteiger partial charge is 0.306 e. The molecule has 0 aromatic heterocycles. The summed E-state index contributed by atoms with van der Waals surface area (Å²) in [5.74, 6) is -6.35. The number of nitrogens with one attached hydrogen (secondary N) is 2. The van der Waals surface area contributed by atoms with Crippen LogP contribution < -0.4 is 10.6 Å². The molecule has 0 aliphatic heterocycles. The van der Waals surface area contributed by atoms with Crippen LogP contribution in [0.3, 0.4) is 0 Å². The molecule has 0 spiro atoms. The zero-order chi connectivity index (χ0) is 21.4. The number of anilines is 2. The fourth-order valence-electron chi connectivity index (χ4n) is 2.27. The van der Waals surface area contributed by atoms with E-state index in [9.17, 15) is 32.9 Å². The second-order valence-electron chi connectivity index (χ2n) is 5.74. The lowest BCUT2D eigenvalue weighted by Gasteiger charge is -2.09. The summed E-state index contributed by atoms with van der Waals surface area (Å²) in [4.78, 5) is 33.6. The molecule has 0 aliphatic rings. The van der Waals surface area contributed by atoms with E-state index in [2.05, 4.69) is 5.32 Å². The number of benzene rings is 2. The molecular weight excluding hydrogens is 395 g/mol. The topological polar surface area (TPSA) is 111 Å². The van der Waals surface area contributed by atoms with Crippen LogP contribution in [0.4, 0.5) is 30.2 Å². The number of nitro groups is 1. The van der Waals surface area contributed by atoms with Crippen LogP contribution in [0, 0.1) is 27.6 Å². The van der Waals surface area contributed by atoms with Crippen LogP contribution in [0.15, 0.2) is 36.4 Å². The van der Waals surface area contributed by atoms with Crippen LogP contribution in [-0.2, 0) is 14.3 Å². The van der Waals surface area contributed by atoms with Gasteiger partial charge < -0.3 is 15.4 Å². The standard InChI is InChI=1S/C18H16F3N3O5/c19-11-7-8-13(18(21)17(11)20)23-15(25)10-29-16(26)6-3-9-22-12-4-1-2-5-14(12)24(27)28/h1-2,4-5,7-8,22H,3,6,9-10H2,(H,23,25). The monoisotopic (exact) mass is 411 g/mol. The van der Waals surface area contributed by atoms with Crippen molar-refractivity contribution < 1.29 is 32.4 Å². The predicted octanol–water partition coefficient (Wildman–Crippen LogP) is 3.39. The van der Waals surface area contributed by atoms with Crippen LogP contribution in [0.5, 0.6) is 0 Å². The number of nitro benzene ring substituents is 1. The van der Waals surface area contributed by atoms with E-state index in [4.69, 9.17) is 4.74 Å². The highest BCUT2D eigenvalue weighted by Gasteiger charge is 2.16. The molecule has 0 heterocycles. The van der Waals surface area contributed by atoms with E-state index in [0.29, 0.717) is 11.8 Å². The molecule has 0 atom stereocenters. The molecule has 0 unspecified atom stereocenters. The van der Waals surface area contributed by atoms with Gasteiger partial charge in [0, 0.05) is 19.0 Å². The molecule has 2 aromatic rings. The molecule has 0 radical (unpaired) electrons. The maximum atomic E-state index is 13.5. The average molecular weight is 411 g/mol.